The van der Waals surface area contributed by atoms with Crippen LogP contribution in [0.25, 0.3) is 0 Å². The van der Waals surface area contributed by atoms with Crippen LogP contribution in [0.15, 0.2) is 12.2 Å². The van der Waals surface area contributed by atoms with E-state index >= 15 is 0 Å². The van der Waals surface area contributed by atoms with Crippen molar-refractivity contribution in [2.24, 2.45) is 0 Å². The second-order valence-electron chi connectivity index (χ2n) is 5.59. The van der Waals surface area contributed by atoms with Crippen molar-refractivity contribution in [2.45, 2.75) is 77.0 Å². The maximum absolute atomic E-state index is 5.66. The first kappa shape index (κ1) is 20.9. The van der Waals surface area contributed by atoms with Crippen LogP contribution >= 0.6 is 11.6 Å². The lowest BCUT2D eigenvalue weighted by molar-refractivity contribution is -0.0285. The SMILES string of the molecule is COCOCCC=CCCCCCCCCCCCCCl. The molecule has 0 bridgehead atoms. The number of allylic oxidation sites excluding steroid dienone is 1. The third-order valence-corrected chi connectivity index (χ3v) is 3.82. The molecule has 0 aromatic carbocycles. The Hall–Kier alpha value is -0.0500. The summed E-state index contributed by atoms with van der Waals surface area (Å²) in [7, 11) is 1.65. The lowest BCUT2D eigenvalue weighted by Gasteiger charge is -2.01. The highest BCUT2D eigenvalue weighted by Gasteiger charge is 1.92. The Balaban J connectivity index is 3.00. The van der Waals surface area contributed by atoms with Crippen LogP contribution < -0.4 is 0 Å². The molecule has 0 unspecified atom stereocenters. The summed E-state index contributed by atoms with van der Waals surface area (Å²) in [6.07, 6.45) is 20.3. The number of hydrogen-bond acceptors (Lipinski definition) is 2. The Morgan fingerprint density at radius 3 is 1.81 bits per heavy atom. The van der Waals surface area contributed by atoms with Gasteiger partial charge in [-0.05, 0) is 25.7 Å². The zero-order valence-electron chi connectivity index (χ0n) is 14.0. The van der Waals surface area contributed by atoms with E-state index in [2.05, 4.69) is 12.2 Å². The van der Waals surface area contributed by atoms with Crippen LogP contribution in [0.5, 0.6) is 0 Å². The molecule has 0 fully saturated rings. The third kappa shape index (κ3) is 19.9. The molecular weight excluding hydrogens is 284 g/mol. The van der Waals surface area contributed by atoms with E-state index in [1.165, 1.54) is 70.6 Å². The van der Waals surface area contributed by atoms with Crippen molar-refractivity contribution in [2.75, 3.05) is 26.4 Å². The van der Waals surface area contributed by atoms with Gasteiger partial charge in [0.25, 0.3) is 0 Å². The summed E-state index contributed by atoms with van der Waals surface area (Å²) in [6.45, 7) is 1.16. The molecule has 0 aliphatic heterocycles. The van der Waals surface area contributed by atoms with Gasteiger partial charge in [-0.15, -0.1) is 11.6 Å². The highest BCUT2D eigenvalue weighted by molar-refractivity contribution is 6.17. The topological polar surface area (TPSA) is 18.5 Å². The lowest BCUT2D eigenvalue weighted by Crippen LogP contribution is -1.96. The molecule has 0 spiro atoms. The van der Waals surface area contributed by atoms with Gasteiger partial charge in [0, 0.05) is 13.0 Å². The number of rotatable bonds is 17. The second kappa shape index (κ2) is 19.9. The van der Waals surface area contributed by atoms with Crippen molar-refractivity contribution in [3.63, 3.8) is 0 Å². The molecule has 21 heavy (non-hydrogen) atoms. The molecule has 0 amide bonds. The highest BCUT2D eigenvalue weighted by Crippen LogP contribution is 2.11. The molecule has 0 radical (unpaired) electrons. The number of halogens is 1. The van der Waals surface area contributed by atoms with Gasteiger partial charge in [0.1, 0.15) is 6.79 Å². The highest BCUT2D eigenvalue weighted by atomic mass is 35.5. The minimum absolute atomic E-state index is 0.403. The molecule has 0 aromatic rings. The summed E-state index contributed by atoms with van der Waals surface area (Å²) in [5, 5.41) is 0. The van der Waals surface area contributed by atoms with E-state index in [0.717, 1.165) is 18.9 Å². The van der Waals surface area contributed by atoms with Gasteiger partial charge in [-0.1, -0.05) is 63.5 Å². The minimum atomic E-state index is 0.403. The molecule has 0 aliphatic carbocycles. The Labute approximate surface area is 137 Å². The number of unbranched alkanes of at least 4 members (excludes halogenated alkanes) is 10. The van der Waals surface area contributed by atoms with Crippen molar-refractivity contribution >= 4 is 11.6 Å². The number of ether oxygens (including phenoxy) is 2. The molecule has 0 N–H and O–H groups in total. The predicted octanol–water partition coefficient (Wildman–Crippen LogP) is 6.08. The van der Waals surface area contributed by atoms with Gasteiger partial charge in [-0.2, -0.15) is 0 Å². The quantitative estimate of drug-likeness (QED) is 0.140. The van der Waals surface area contributed by atoms with Gasteiger partial charge in [0.15, 0.2) is 0 Å². The average Bonchev–Trinajstić information content (AvgIpc) is 2.50. The summed E-state index contributed by atoms with van der Waals surface area (Å²) in [4.78, 5) is 0. The number of alkyl halides is 1. The van der Waals surface area contributed by atoms with Crippen molar-refractivity contribution in [1.82, 2.24) is 0 Å². The molecule has 0 atom stereocenters. The predicted molar refractivity (Wildman–Crippen MR) is 93.1 cm³/mol. The Morgan fingerprint density at radius 2 is 1.24 bits per heavy atom. The monoisotopic (exact) mass is 318 g/mol. The fourth-order valence-corrected chi connectivity index (χ4v) is 2.49. The lowest BCUT2D eigenvalue weighted by atomic mass is 10.1. The second-order valence-corrected chi connectivity index (χ2v) is 5.97. The largest absolute Gasteiger partial charge is 0.359 e. The van der Waals surface area contributed by atoms with Crippen molar-refractivity contribution in [1.29, 1.82) is 0 Å². The summed E-state index contributed by atoms with van der Waals surface area (Å²) in [5.74, 6) is 0.828. The summed E-state index contributed by atoms with van der Waals surface area (Å²) in [5.41, 5.74) is 0. The van der Waals surface area contributed by atoms with Crippen molar-refractivity contribution in [3.8, 4) is 0 Å². The molecule has 0 rings (SSSR count). The van der Waals surface area contributed by atoms with Gasteiger partial charge in [-0.3, -0.25) is 0 Å². The van der Waals surface area contributed by atoms with E-state index in [1.807, 2.05) is 0 Å². The van der Waals surface area contributed by atoms with E-state index in [9.17, 15) is 0 Å². The molecule has 0 saturated carbocycles. The summed E-state index contributed by atoms with van der Waals surface area (Å²) < 4.78 is 10.0. The van der Waals surface area contributed by atoms with E-state index in [1.54, 1.807) is 7.11 Å². The maximum atomic E-state index is 5.66. The Morgan fingerprint density at radius 1 is 0.714 bits per heavy atom. The van der Waals surface area contributed by atoms with E-state index < -0.39 is 0 Å². The Bertz CT molecular complexity index is 207. The standard InChI is InChI=1S/C18H35ClO2/c1-20-18-21-17-15-13-11-9-7-5-3-2-4-6-8-10-12-14-16-19/h11,13H,2-10,12,14-18H2,1H3. The zero-order valence-corrected chi connectivity index (χ0v) is 14.7. The van der Waals surface area contributed by atoms with Gasteiger partial charge >= 0.3 is 0 Å². The Kier molecular flexibility index (Phi) is 19.9. The first-order chi connectivity index (χ1) is 10.4. The first-order valence-electron chi connectivity index (χ1n) is 8.69. The number of hydrogen-bond donors (Lipinski definition) is 0. The molecular formula is C18H35ClO2. The minimum Gasteiger partial charge on any atom is -0.359 e. The maximum Gasteiger partial charge on any atom is 0.146 e. The van der Waals surface area contributed by atoms with Gasteiger partial charge in [0.2, 0.25) is 0 Å². The van der Waals surface area contributed by atoms with Crippen LogP contribution in [0.3, 0.4) is 0 Å². The fourth-order valence-electron chi connectivity index (χ4n) is 2.30. The summed E-state index contributed by atoms with van der Waals surface area (Å²) in [6, 6.07) is 0. The van der Waals surface area contributed by atoms with Crippen molar-refractivity contribution < 1.29 is 9.47 Å². The van der Waals surface area contributed by atoms with E-state index in [-0.39, 0.29) is 0 Å². The van der Waals surface area contributed by atoms with Gasteiger partial charge in [-0.25, -0.2) is 0 Å². The molecule has 0 aliphatic rings. The van der Waals surface area contributed by atoms with Crippen molar-refractivity contribution in [3.05, 3.63) is 12.2 Å². The molecule has 2 nitrogen and oxygen atoms in total. The average molecular weight is 319 g/mol. The third-order valence-electron chi connectivity index (χ3n) is 3.55. The van der Waals surface area contributed by atoms with Crippen LogP contribution in [-0.2, 0) is 9.47 Å². The zero-order chi connectivity index (χ0) is 15.4. The number of methoxy groups -OCH3 is 1. The van der Waals surface area contributed by atoms with Crippen LogP contribution in [0, 0.1) is 0 Å². The summed E-state index contributed by atoms with van der Waals surface area (Å²) >= 11 is 5.66. The van der Waals surface area contributed by atoms with Gasteiger partial charge < -0.3 is 9.47 Å². The smallest absolute Gasteiger partial charge is 0.146 e. The molecule has 0 heterocycles. The van der Waals surface area contributed by atoms with E-state index in [0.29, 0.717) is 6.79 Å². The van der Waals surface area contributed by atoms with E-state index in [4.69, 9.17) is 21.1 Å². The first-order valence-corrected chi connectivity index (χ1v) is 9.23. The molecule has 0 saturated heterocycles. The normalized spacial score (nSPS) is 11.5. The fraction of sp³-hybridized carbons (Fsp3) is 0.889. The molecule has 0 aromatic heterocycles. The molecule has 3 heteroatoms. The van der Waals surface area contributed by atoms with Gasteiger partial charge in [0.05, 0.1) is 6.61 Å². The van der Waals surface area contributed by atoms with Crippen LogP contribution in [-0.4, -0.2) is 26.4 Å². The van der Waals surface area contributed by atoms with Crippen LogP contribution in [0.4, 0.5) is 0 Å². The van der Waals surface area contributed by atoms with Crippen LogP contribution in [0.1, 0.15) is 77.0 Å². The van der Waals surface area contributed by atoms with Crippen LogP contribution in [0.2, 0.25) is 0 Å². The molecule has 126 valence electrons.